The van der Waals surface area contributed by atoms with Gasteiger partial charge in [-0.2, -0.15) is 0 Å². The molecule has 5 rings (SSSR count). The molecule has 2 N–H and O–H groups in total. The van der Waals surface area contributed by atoms with Crippen LogP contribution >= 0.6 is 0 Å². The maximum Gasteiger partial charge on any atom is 0.374 e. The summed E-state index contributed by atoms with van der Waals surface area (Å²) in [4.78, 5) is 25.0. The van der Waals surface area contributed by atoms with E-state index in [9.17, 15) is 9.90 Å². The fraction of sp³-hybridized carbons (Fsp3) is 0.333. The number of carboxylic acid groups (broad SMARTS) is 1. The number of ether oxygens (including phenoxy) is 1. The minimum atomic E-state index is -1.25. The Bertz CT molecular complexity index is 1430. The molecule has 0 bridgehead atoms. The third-order valence-electron chi connectivity index (χ3n) is 6.89. The quantitative estimate of drug-likeness (QED) is 0.346. The number of carbonyl (C=O) groups is 1. The molecular formula is C27H28FN5O3. The van der Waals surface area contributed by atoms with E-state index in [1.54, 1.807) is 12.1 Å². The van der Waals surface area contributed by atoms with Crippen LogP contribution in [0.15, 0.2) is 42.5 Å². The second kappa shape index (κ2) is 9.56. The molecule has 4 aromatic rings. The lowest BCUT2D eigenvalue weighted by Gasteiger charge is -2.32. The Kier molecular flexibility index (Phi) is 6.30. The first-order valence-corrected chi connectivity index (χ1v) is 12.0. The van der Waals surface area contributed by atoms with Crippen LogP contribution in [0.5, 0.6) is 5.75 Å². The Hall–Kier alpha value is -4.01. The second-order valence-corrected chi connectivity index (χ2v) is 9.35. The van der Waals surface area contributed by atoms with E-state index in [0.29, 0.717) is 35.4 Å². The number of imidazole rings is 1. The summed E-state index contributed by atoms with van der Waals surface area (Å²) in [6.45, 7) is 4.46. The van der Waals surface area contributed by atoms with E-state index >= 15 is 4.39 Å². The Morgan fingerprint density at radius 3 is 2.56 bits per heavy atom. The number of carboxylic acids is 1. The minimum absolute atomic E-state index is 0.0855. The molecule has 1 unspecified atom stereocenters. The average Bonchev–Trinajstić information content (AvgIpc) is 3.17. The predicted octanol–water partition coefficient (Wildman–Crippen LogP) is 5.30. The Morgan fingerprint density at radius 2 is 1.94 bits per heavy atom. The van der Waals surface area contributed by atoms with Gasteiger partial charge >= 0.3 is 5.97 Å². The number of hydrogen-bond acceptors (Lipinski definition) is 6. The molecule has 1 fully saturated rings. The van der Waals surface area contributed by atoms with E-state index in [0.717, 1.165) is 24.0 Å². The van der Waals surface area contributed by atoms with Crippen molar-refractivity contribution in [2.45, 2.75) is 45.7 Å². The molecule has 186 valence electrons. The van der Waals surface area contributed by atoms with Crippen LogP contribution in [-0.2, 0) is 6.54 Å². The number of halogens is 1. The van der Waals surface area contributed by atoms with Gasteiger partial charge in [0.15, 0.2) is 11.5 Å². The van der Waals surface area contributed by atoms with Crippen molar-refractivity contribution < 1.29 is 19.0 Å². The molecule has 36 heavy (non-hydrogen) atoms. The first-order valence-electron chi connectivity index (χ1n) is 12.0. The minimum Gasteiger partial charge on any atom is -0.497 e. The highest BCUT2D eigenvalue weighted by Gasteiger charge is 2.28. The zero-order valence-electron chi connectivity index (χ0n) is 20.5. The van der Waals surface area contributed by atoms with Crippen molar-refractivity contribution in [1.82, 2.24) is 19.5 Å². The molecule has 2 aromatic carbocycles. The van der Waals surface area contributed by atoms with Crippen LogP contribution < -0.4 is 10.1 Å². The molecule has 0 amide bonds. The molecule has 0 spiro atoms. The van der Waals surface area contributed by atoms with Crippen molar-refractivity contribution in [2.75, 3.05) is 12.4 Å². The number of aromatic nitrogens is 4. The zero-order valence-corrected chi connectivity index (χ0v) is 20.5. The smallest absolute Gasteiger partial charge is 0.374 e. The highest BCUT2D eigenvalue weighted by atomic mass is 19.1. The molecule has 0 saturated heterocycles. The second-order valence-electron chi connectivity index (χ2n) is 9.35. The van der Waals surface area contributed by atoms with Gasteiger partial charge in [0.1, 0.15) is 22.9 Å². The van der Waals surface area contributed by atoms with Crippen molar-refractivity contribution in [1.29, 1.82) is 0 Å². The molecule has 2 heterocycles. The molecule has 0 aliphatic heterocycles. The fourth-order valence-corrected chi connectivity index (χ4v) is 4.55. The number of nitrogens with zero attached hydrogens (tertiary/aromatic N) is 4. The van der Waals surface area contributed by atoms with Crippen LogP contribution in [0.2, 0.25) is 0 Å². The molecule has 9 heteroatoms. The lowest BCUT2D eigenvalue weighted by atomic mass is 9.80. The number of fused-ring (bicyclic) bond motifs is 1. The number of aryl methyl sites for hydroxylation is 1. The Morgan fingerprint density at radius 1 is 1.19 bits per heavy atom. The number of anilines is 1. The normalized spacial score (nSPS) is 14.4. The van der Waals surface area contributed by atoms with E-state index < -0.39 is 11.8 Å². The standard InChI is InChI=1S/C27H28FN5O3/c1-15-7-9-17(10-8-15)14-33-22-23(29-16(2)18-5-4-6-18)30-25(27(34)35)31-24(22)32-26(33)20-12-11-19(36-3)13-21(20)28/h7-13,16,18H,4-6,14H2,1-3H3,(H,34,35)(H,29,30,31). The predicted molar refractivity (Wildman–Crippen MR) is 135 cm³/mol. The van der Waals surface area contributed by atoms with E-state index in [-0.39, 0.29) is 23.1 Å². The van der Waals surface area contributed by atoms with Crippen molar-refractivity contribution in [3.8, 4) is 17.1 Å². The van der Waals surface area contributed by atoms with Crippen LogP contribution in [0.4, 0.5) is 10.2 Å². The van der Waals surface area contributed by atoms with Crippen LogP contribution in [0.3, 0.4) is 0 Å². The van der Waals surface area contributed by atoms with E-state index in [1.807, 2.05) is 35.8 Å². The third kappa shape index (κ3) is 4.48. The number of methoxy groups -OCH3 is 1. The highest BCUT2D eigenvalue weighted by Crippen LogP contribution is 2.35. The van der Waals surface area contributed by atoms with Gasteiger partial charge in [0.25, 0.3) is 0 Å². The van der Waals surface area contributed by atoms with Gasteiger partial charge in [-0.05, 0) is 50.3 Å². The summed E-state index contributed by atoms with van der Waals surface area (Å²) in [6.07, 6.45) is 3.40. The summed E-state index contributed by atoms with van der Waals surface area (Å²) >= 11 is 0. The molecule has 0 radical (unpaired) electrons. The third-order valence-corrected chi connectivity index (χ3v) is 6.89. The molecule has 8 nitrogen and oxygen atoms in total. The van der Waals surface area contributed by atoms with Crippen LogP contribution in [0.1, 0.15) is 47.9 Å². The number of hydrogen-bond donors (Lipinski definition) is 2. The fourth-order valence-electron chi connectivity index (χ4n) is 4.55. The van der Waals surface area contributed by atoms with Crippen molar-refractivity contribution in [3.63, 3.8) is 0 Å². The van der Waals surface area contributed by atoms with Gasteiger partial charge in [-0.3, -0.25) is 0 Å². The van der Waals surface area contributed by atoms with Crippen LogP contribution in [-0.4, -0.2) is 43.7 Å². The monoisotopic (exact) mass is 489 g/mol. The molecule has 2 aromatic heterocycles. The number of rotatable bonds is 8. The zero-order chi connectivity index (χ0) is 25.4. The lowest BCUT2D eigenvalue weighted by molar-refractivity contribution is 0.0684. The Balaban J connectivity index is 1.72. The van der Waals surface area contributed by atoms with Crippen molar-refractivity contribution >= 4 is 23.0 Å². The van der Waals surface area contributed by atoms with Gasteiger partial charge in [-0.15, -0.1) is 0 Å². The van der Waals surface area contributed by atoms with E-state index in [2.05, 4.69) is 27.2 Å². The SMILES string of the molecule is COc1ccc(-c2nc3nc(C(=O)O)nc(NC(C)C4CCC4)c3n2Cc2ccc(C)cc2)c(F)c1. The summed E-state index contributed by atoms with van der Waals surface area (Å²) in [7, 11) is 1.48. The van der Waals surface area contributed by atoms with E-state index in [4.69, 9.17) is 4.74 Å². The first-order chi connectivity index (χ1) is 17.3. The molecule has 1 atom stereocenters. The number of aromatic carboxylic acids is 1. The molecular weight excluding hydrogens is 461 g/mol. The van der Waals surface area contributed by atoms with Crippen molar-refractivity contribution in [2.24, 2.45) is 5.92 Å². The largest absolute Gasteiger partial charge is 0.497 e. The lowest BCUT2D eigenvalue weighted by Crippen LogP contribution is -2.31. The maximum absolute atomic E-state index is 15.2. The molecule has 1 saturated carbocycles. The first kappa shape index (κ1) is 23.7. The number of benzene rings is 2. The van der Waals surface area contributed by atoms with Crippen LogP contribution in [0, 0.1) is 18.7 Å². The van der Waals surface area contributed by atoms with Crippen molar-refractivity contribution in [3.05, 3.63) is 65.2 Å². The summed E-state index contributed by atoms with van der Waals surface area (Å²) in [6, 6.07) is 12.7. The van der Waals surface area contributed by atoms with Gasteiger partial charge < -0.3 is 19.7 Å². The summed E-state index contributed by atoms with van der Waals surface area (Å²) in [5, 5.41) is 13.1. The van der Waals surface area contributed by atoms with Gasteiger partial charge in [0.2, 0.25) is 5.82 Å². The van der Waals surface area contributed by atoms with Crippen LogP contribution in [0.25, 0.3) is 22.6 Å². The van der Waals surface area contributed by atoms with Gasteiger partial charge in [0.05, 0.1) is 12.7 Å². The summed E-state index contributed by atoms with van der Waals surface area (Å²) < 4.78 is 22.2. The van der Waals surface area contributed by atoms with Gasteiger partial charge in [0, 0.05) is 18.7 Å². The Labute approximate surface area is 208 Å². The average molecular weight is 490 g/mol. The van der Waals surface area contributed by atoms with E-state index in [1.165, 1.54) is 19.6 Å². The summed E-state index contributed by atoms with van der Waals surface area (Å²) in [5.41, 5.74) is 3.10. The van der Waals surface area contributed by atoms with Gasteiger partial charge in [-0.25, -0.2) is 24.1 Å². The molecule has 1 aliphatic carbocycles. The van der Waals surface area contributed by atoms with Gasteiger partial charge in [-0.1, -0.05) is 36.2 Å². The summed E-state index contributed by atoms with van der Waals surface area (Å²) in [5.74, 6) is -0.511. The highest BCUT2D eigenvalue weighted by molar-refractivity contribution is 5.92. The maximum atomic E-state index is 15.2. The number of nitrogens with one attached hydrogen (secondary N) is 1. The topological polar surface area (TPSA) is 102 Å². The molecule has 1 aliphatic rings.